The number of carbonyl (C=O) groups is 2. The molecule has 0 bridgehead atoms. The van der Waals surface area contributed by atoms with Crippen molar-refractivity contribution in [2.24, 2.45) is 17.4 Å². The molecule has 1 aliphatic carbocycles. The molecule has 2 amide bonds. The summed E-state index contributed by atoms with van der Waals surface area (Å²) in [5.74, 6) is -0.644. The summed E-state index contributed by atoms with van der Waals surface area (Å²) in [6.07, 6.45) is 2.70. The van der Waals surface area contributed by atoms with E-state index >= 15 is 0 Å². The predicted octanol–water partition coefficient (Wildman–Crippen LogP) is 0.258. The van der Waals surface area contributed by atoms with E-state index in [1.165, 1.54) is 4.90 Å². The summed E-state index contributed by atoms with van der Waals surface area (Å²) in [6, 6.07) is -0.0885. The zero-order chi connectivity index (χ0) is 12.3. The largest absolute Gasteiger partial charge is 0.368 e. The topological polar surface area (TPSA) is 89.4 Å². The molecule has 0 heterocycles. The van der Waals surface area contributed by atoms with Crippen molar-refractivity contribution in [3.8, 4) is 0 Å². The van der Waals surface area contributed by atoms with Crippen LogP contribution in [0.4, 0.5) is 0 Å². The molecule has 1 saturated carbocycles. The Morgan fingerprint density at radius 1 is 1.35 bits per heavy atom. The van der Waals surface area contributed by atoms with Crippen LogP contribution in [-0.2, 0) is 9.59 Å². The van der Waals surface area contributed by atoms with Crippen molar-refractivity contribution in [3.63, 3.8) is 0 Å². The Labute approximate surface area is 108 Å². The number of nitrogens with two attached hydrogens (primary N) is 2. The number of primary amides is 1. The first kappa shape index (κ1) is 16.2. The van der Waals surface area contributed by atoms with Gasteiger partial charge in [-0.3, -0.25) is 9.59 Å². The first-order valence-corrected chi connectivity index (χ1v) is 5.78. The fourth-order valence-electron chi connectivity index (χ4n) is 2.19. The number of amides is 2. The molecule has 0 radical (unpaired) electrons. The molecule has 0 spiro atoms. The number of nitrogens with zero attached hydrogens (tertiary/aromatic N) is 1. The maximum Gasteiger partial charge on any atom is 0.237 e. The molecule has 100 valence electrons. The summed E-state index contributed by atoms with van der Waals surface area (Å²) in [6.45, 7) is 3.74. The summed E-state index contributed by atoms with van der Waals surface area (Å²) >= 11 is 0. The van der Waals surface area contributed by atoms with Gasteiger partial charge in [0.15, 0.2) is 0 Å². The fourth-order valence-corrected chi connectivity index (χ4v) is 2.19. The third-order valence-corrected chi connectivity index (χ3v) is 3.12. The van der Waals surface area contributed by atoms with Crippen LogP contribution in [0.2, 0.25) is 0 Å². The first-order chi connectivity index (χ1) is 7.43. The van der Waals surface area contributed by atoms with Crippen LogP contribution in [0, 0.1) is 5.92 Å². The highest BCUT2D eigenvalue weighted by atomic mass is 35.5. The van der Waals surface area contributed by atoms with Crippen molar-refractivity contribution in [3.05, 3.63) is 0 Å². The van der Waals surface area contributed by atoms with Gasteiger partial charge in [0.05, 0.1) is 12.5 Å². The monoisotopic (exact) mass is 263 g/mol. The second-order valence-corrected chi connectivity index (χ2v) is 4.73. The lowest BCUT2D eigenvalue weighted by molar-refractivity contribution is -0.140. The molecule has 0 aromatic heterocycles. The fraction of sp³-hybridized carbons (Fsp3) is 0.818. The van der Waals surface area contributed by atoms with Crippen molar-refractivity contribution >= 4 is 24.2 Å². The summed E-state index contributed by atoms with van der Waals surface area (Å²) in [5.41, 5.74) is 11.0. The number of hydrogen-bond acceptors (Lipinski definition) is 3. The van der Waals surface area contributed by atoms with Gasteiger partial charge in [0.1, 0.15) is 0 Å². The van der Waals surface area contributed by atoms with Crippen molar-refractivity contribution in [2.45, 2.75) is 45.2 Å². The number of rotatable bonds is 4. The average Bonchev–Trinajstić information content (AvgIpc) is 2.59. The Bertz CT molecular complexity index is 284. The molecule has 6 heteroatoms. The van der Waals surface area contributed by atoms with E-state index < -0.39 is 5.91 Å². The Kier molecular flexibility index (Phi) is 6.49. The van der Waals surface area contributed by atoms with Crippen molar-refractivity contribution in [1.29, 1.82) is 0 Å². The molecule has 2 unspecified atom stereocenters. The zero-order valence-corrected chi connectivity index (χ0v) is 11.2. The van der Waals surface area contributed by atoms with E-state index in [9.17, 15) is 9.59 Å². The van der Waals surface area contributed by atoms with E-state index in [-0.39, 0.29) is 42.9 Å². The van der Waals surface area contributed by atoms with Crippen LogP contribution in [0.25, 0.3) is 0 Å². The van der Waals surface area contributed by atoms with Gasteiger partial charge in [0.2, 0.25) is 11.8 Å². The first-order valence-electron chi connectivity index (χ1n) is 5.78. The zero-order valence-electron chi connectivity index (χ0n) is 10.4. The summed E-state index contributed by atoms with van der Waals surface area (Å²) in [5, 5.41) is 0. The quantitative estimate of drug-likeness (QED) is 0.762. The van der Waals surface area contributed by atoms with Crippen LogP contribution < -0.4 is 11.5 Å². The van der Waals surface area contributed by atoms with Gasteiger partial charge in [-0.2, -0.15) is 0 Å². The molecule has 1 fully saturated rings. The van der Waals surface area contributed by atoms with Gasteiger partial charge in [0.25, 0.3) is 0 Å². The van der Waals surface area contributed by atoms with Crippen molar-refractivity contribution in [1.82, 2.24) is 4.90 Å². The average molecular weight is 264 g/mol. The Hall–Kier alpha value is -0.810. The standard InChI is InChI=1S/C11H21N3O2.ClH/c1-7(2)14(6-10(13)15)11(16)8-4-3-5-9(8)12;/h7-9H,3-6,12H2,1-2H3,(H2,13,15);1H. The van der Waals surface area contributed by atoms with Crippen LogP contribution in [0.1, 0.15) is 33.1 Å². The SMILES string of the molecule is CC(C)N(CC(N)=O)C(=O)C1CCCC1N.Cl. The lowest BCUT2D eigenvalue weighted by Crippen LogP contribution is -2.48. The van der Waals surface area contributed by atoms with Gasteiger partial charge in [-0.1, -0.05) is 6.42 Å². The van der Waals surface area contributed by atoms with E-state index in [2.05, 4.69) is 0 Å². The van der Waals surface area contributed by atoms with Gasteiger partial charge >= 0.3 is 0 Å². The minimum Gasteiger partial charge on any atom is -0.368 e. The normalized spacial score (nSPS) is 23.3. The molecular formula is C11H22ClN3O2. The molecule has 5 nitrogen and oxygen atoms in total. The third kappa shape index (κ3) is 4.16. The third-order valence-electron chi connectivity index (χ3n) is 3.12. The maximum absolute atomic E-state index is 12.2. The summed E-state index contributed by atoms with van der Waals surface area (Å²) < 4.78 is 0. The second-order valence-electron chi connectivity index (χ2n) is 4.73. The second kappa shape index (κ2) is 6.81. The predicted molar refractivity (Wildman–Crippen MR) is 68.6 cm³/mol. The Morgan fingerprint density at radius 3 is 2.29 bits per heavy atom. The number of hydrogen-bond donors (Lipinski definition) is 2. The van der Waals surface area contributed by atoms with E-state index in [0.29, 0.717) is 0 Å². The Morgan fingerprint density at radius 2 is 1.94 bits per heavy atom. The maximum atomic E-state index is 12.2. The van der Waals surface area contributed by atoms with Gasteiger partial charge in [0, 0.05) is 12.1 Å². The van der Waals surface area contributed by atoms with E-state index in [4.69, 9.17) is 11.5 Å². The Balaban J connectivity index is 0.00000256. The highest BCUT2D eigenvalue weighted by Gasteiger charge is 2.34. The van der Waals surface area contributed by atoms with E-state index in [1.54, 1.807) is 0 Å². The molecule has 4 N–H and O–H groups in total. The molecule has 1 aliphatic rings. The summed E-state index contributed by atoms with van der Waals surface area (Å²) in [7, 11) is 0. The van der Waals surface area contributed by atoms with Crippen LogP contribution in [0.5, 0.6) is 0 Å². The molecule has 17 heavy (non-hydrogen) atoms. The van der Waals surface area contributed by atoms with Crippen LogP contribution in [0.3, 0.4) is 0 Å². The lowest BCUT2D eigenvalue weighted by atomic mass is 10.0. The van der Waals surface area contributed by atoms with Gasteiger partial charge in [-0.05, 0) is 26.7 Å². The van der Waals surface area contributed by atoms with Gasteiger partial charge in [-0.15, -0.1) is 12.4 Å². The molecule has 0 aromatic rings. The van der Waals surface area contributed by atoms with Gasteiger partial charge < -0.3 is 16.4 Å². The molecular weight excluding hydrogens is 242 g/mol. The highest BCUT2D eigenvalue weighted by molar-refractivity contribution is 5.86. The minimum absolute atomic E-state index is 0. The number of halogens is 1. The van der Waals surface area contributed by atoms with Crippen LogP contribution in [0.15, 0.2) is 0 Å². The smallest absolute Gasteiger partial charge is 0.237 e. The van der Waals surface area contributed by atoms with Crippen LogP contribution >= 0.6 is 12.4 Å². The van der Waals surface area contributed by atoms with Crippen molar-refractivity contribution < 1.29 is 9.59 Å². The lowest BCUT2D eigenvalue weighted by Gasteiger charge is -2.29. The van der Waals surface area contributed by atoms with Gasteiger partial charge in [-0.25, -0.2) is 0 Å². The molecule has 0 saturated heterocycles. The van der Waals surface area contributed by atoms with Crippen molar-refractivity contribution in [2.75, 3.05) is 6.54 Å². The number of carbonyl (C=O) groups excluding carboxylic acids is 2. The van der Waals surface area contributed by atoms with E-state index in [0.717, 1.165) is 19.3 Å². The molecule has 2 atom stereocenters. The van der Waals surface area contributed by atoms with E-state index in [1.807, 2.05) is 13.8 Å². The van der Waals surface area contributed by atoms with Crippen LogP contribution in [-0.4, -0.2) is 35.3 Å². The summed E-state index contributed by atoms with van der Waals surface area (Å²) in [4.78, 5) is 24.6. The highest BCUT2D eigenvalue weighted by Crippen LogP contribution is 2.26. The molecule has 0 aromatic carbocycles. The molecule has 1 rings (SSSR count). The molecule has 0 aliphatic heterocycles. The minimum atomic E-state index is -0.478.